The summed E-state index contributed by atoms with van der Waals surface area (Å²) in [5, 5.41) is 0.774. The summed E-state index contributed by atoms with van der Waals surface area (Å²) in [5.41, 5.74) is 6.70. The molecule has 1 fully saturated rings. The van der Waals surface area contributed by atoms with Gasteiger partial charge in [0.05, 0.1) is 17.4 Å². The van der Waals surface area contributed by atoms with Crippen molar-refractivity contribution < 1.29 is 14.3 Å². The summed E-state index contributed by atoms with van der Waals surface area (Å²) in [7, 11) is 0. The normalized spacial score (nSPS) is 16.0. The van der Waals surface area contributed by atoms with E-state index in [1.807, 2.05) is 88.2 Å². The average molecular weight is 685 g/mol. The van der Waals surface area contributed by atoms with Gasteiger partial charge in [-0.3, -0.25) is 14.7 Å². The summed E-state index contributed by atoms with van der Waals surface area (Å²) < 4.78 is 7.68. The zero-order chi connectivity index (χ0) is 35.0. The summed E-state index contributed by atoms with van der Waals surface area (Å²) in [6.07, 6.45) is 7.49. The maximum Gasteiger partial charge on any atom is 0.410 e. The Labute approximate surface area is 295 Å². The molecule has 1 aliphatic carbocycles. The number of aryl methyl sites for hydroxylation is 5. The van der Waals surface area contributed by atoms with Crippen LogP contribution in [0.15, 0.2) is 73.1 Å². The van der Waals surface area contributed by atoms with Crippen molar-refractivity contribution in [3.63, 3.8) is 0 Å². The average Bonchev–Trinajstić information content (AvgIpc) is 3.31. The first kappa shape index (κ1) is 36.1. The first-order chi connectivity index (χ1) is 23.5. The fourth-order valence-corrected chi connectivity index (χ4v) is 6.76. The Hall–Kier alpha value is -4.21. The molecule has 1 aliphatic heterocycles. The number of nitrogens with zero attached hydrogens (tertiary/aromatic N) is 6. The van der Waals surface area contributed by atoms with Crippen molar-refractivity contribution in [3.8, 4) is 0 Å². The highest BCUT2D eigenvalue weighted by Crippen LogP contribution is 2.37. The van der Waals surface area contributed by atoms with Crippen LogP contribution in [0.25, 0.3) is 0 Å². The van der Waals surface area contributed by atoms with Crippen LogP contribution < -0.4 is 0 Å². The number of fused-ring (bicyclic) bond motifs is 2. The number of piperazine rings is 1. The van der Waals surface area contributed by atoms with E-state index in [9.17, 15) is 9.59 Å². The summed E-state index contributed by atoms with van der Waals surface area (Å²) in [5.74, 6) is 1.03. The maximum absolute atomic E-state index is 12.4. The summed E-state index contributed by atoms with van der Waals surface area (Å²) in [4.78, 5) is 38.8. The van der Waals surface area contributed by atoms with Gasteiger partial charge in [-0.2, -0.15) is 0 Å². The van der Waals surface area contributed by atoms with E-state index in [2.05, 4.69) is 38.8 Å². The second-order valence-corrected chi connectivity index (χ2v) is 14.3. The largest absolute Gasteiger partial charge is 0.444 e. The Morgan fingerprint density at radius 1 is 1.00 bits per heavy atom. The minimum absolute atomic E-state index is 0.0850. The first-order valence-corrected chi connectivity index (χ1v) is 17.6. The van der Waals surface area contributed by atoms with Crippen molar-refractivity contribution in [1.82, 2.24) is 29.2 Å². The Bertz CT molecular complexity index is 1690. The third-order valence-corrected chi connectivity index (χ3v) is 9.13. The first-order valence-electron chi connectivity index (χ1n) is 17.2. The molecule has 2 aromatic carbocycles. The minimum atomic E-state index is -0.476. The Kier molecular flexibility index (Phi) is 12.1. The number of hydrogen-bond donors (Lipinski definition) is 0. The molecule has 0 radical (unpaired) electrons. The molecular weight excluding hydrogens is 636 g/mol. The van der Waals surface area contributed by atoms with E-state index in [1.54, 1.807) is 4.90 Å². The molecule has 2 amide bonds. The third-order valence-electron chi connectivity index (χ3n) is 8.90. The highest BCUT2D eigenvalue weighted by Gasteiger charge is 2.34. The second-order valence-electron chi connectivity index (χ2n) is 13.8. The number of rotatable bonds is 8. The molecule has 6 rings (SSSR count). The highest BCUT2D eigenvalue weighted by atomic mass is 35.5. The summed E-state index contributed by atoms with van der Waals surface area (Å²) >= 11 is 6.29. The lowest BCUT2D eigenvalue weighted by atomic mass is 9.96. The molecule has 10 heteroatoms. The lowest BCUT2D eigenvalue weighted by Crippen LogP contribution is -2.51. The highest BCUT2D eigenvalue weighted by molar-refractivity contribution is 6.30. The van der Waals surface area contributed by atoms with Gasteiger partial charge in [-0.1, -0.05) is 54.1 Å². The number of amides is 2. The van der Waals surface area contributed by atoms with Gasteiger partial charge in [-0.05, 0) is 94.3 Å². The fraction of sp³-hybridized carbons (Fsp3) is 0.436. The number of imidazole rings is 1. The van der Waals surface area contributed by atoms with Gasteiger partial charge in [0.1, 0.15) is 11.4 Å². The molecule has 2 aromatic heterocycles. The number of ether oxygens (including phenoxy) is 1. The smallest absolute Gasteiger partial charge is 0.410 e. The molecule has 1 atom stereocenters. The molecular formula is C39H49ClN6O3. The predicted octanol–water partition coefficient (Wildman–Crippen LogP) is 7.02. The Morgan fingerprint density at radius 2 is 1.73 bits per heavy atom. The van der Waals surface area contributed by atoms with Gasteiger partial charge in [0.25, 0.3) is 0 Å². The van der Waals surface area contributed by atoms with E-state index < -0.39 is 5.60 Å². The van der Waals surface area contributed by atoms with Crippen LogP contribution in [-0.4, -0.2) is 80.1 Å². The van der Waals surface area contributed by atoms with E-state index in [4.69, 9.17) is 21.3 Å². The number of hydrogen-bond acceptors (Lipinski definition) is 6. The summed E-state index contributed by atoms with van der Waals surface area (Å²) in [6.45, 7) is 14.9. The molecule has 4 aromatic rings. The molecule has 9 nitrogen and oxygen atoms in total. The molecule has 3 heterocycles. The zero-order valence-electron chi connectivity index (χ0n) is 29.4. The third kappa shape index (κ3) is 9.92. The van der Waals surface area contributed by atoms with Crippen LogP contribution >= 0.6 is 11.6 Å². The van der Waals surface area contributed by atoms with Crippen molar-refractivity contribution in [3.05, 3.63) is 118 Å². The standard InChI is InChI=1S/C23H28ClN3O2.C16H21N3O/c1-23(2,3)29-22(28)27-13-11-26(12-14-27)21-19-9-8-18(24)15-17(19)7-6-16-5-4-10-25-20(16)21;1-14-11-19(15(2)17-14)10-6-9-18(13-20)12-16-7-4-3-5-8-16/h4-5,8-10,15,21H,6-7,11-14H2,1-3H3;3-5,7-8,11,13H,6,9-10,12H2,1-2H3/t21-;/m0./s1. The molecule has 49 heavy (non-hydrogen) atoms. The summed E-state index contributed by atoms with van der Waals surface area (Å²) in [6, 6.07) is 20.5. The second kappa shape index (κ2) is 16.5. The van der Waals surface area contributed by atoms with Gasteiger partial charge in [-0.25, -0.2) is 9.78 Å². The fourth-order valence-electron chi connectivity index (χ4n) is 6.57. The Balaban J connectivity index is 0.000000205. The topological polar surface area (TPSA) is 83.8 Å². The van der Waals surface area contributed by atoms with Crippen molar-refractivity contribution in [2.75, 3.05) is 32.7 Å². The van der Waals surface area contributed by atoms with Crippen molar-refractivity contribution >= 4 is 24.1 Å². The SMILES string of the molecule is CC(C)(C)OC(=O)N1CCN([C@H]2c3ccc(Cl)cc3CCc3cccnc32)CC1.Cc1cn(CCCN(C=O)Cc2ccccc2)c(C)n1. The molecule has 0 unspecified atom stereocenters. The van der Waals surface area contributed by atoms with Crippen LogP contribution in [0.3, 0.4) is 0 Å². The van der Waals surface area contributed by atoms with Crippen LogP contribution in [0.5, 0.6) is 0 Å². The van der Waals surface area contributed by atoms with E-state index in [0.717, 1.165) is 79.6 Å². The molecule has 0 saturated carbocycles. The van der Waals surface area contributed by atoms with Gasteiger partial charge in [-0.15, -0.1) is 0 Å². The van der Waals surface area contributed by atoms with Gasteiger partial charge in [0, 0.05) is 63.2 Å². The Morgan fingerprint density at radius 3 is 2.41 bits per heavy atom. The van der Waals surface area contributed by atoms with Gasteiger partial charge in [0.15, 0.2) is 0 Å². The van der Waals surface area contributed by atoms with E-state index in [-0.39, 0.29) is 12.1 Å². The van der Waals surface area contributed by atoms with Gasteiger partial charge < -0.3 is 19.1 Å². The number of halogens is 1. The predicted molar refractivity (Wildman–Crippen MR) is 194 cm³/mol. The zero-order valence-corrected chi connectivity index (χ0v) is 30.2. The van der Waals surface area contributed by atoms with Crippen molar-refractivity contribution in [2.45, 2.75) is 78.6 Å². The lowest BCUT2D eigenvalue weighted by Gasteiger charge is -2.40. The molecule has 0 N–H and O–H groups in total. The van der Waals surface area contributed by atoms with Crippen molar-refractivity contribution in [1.29, 1.82) is 0 Å². The molecule has 0 spiro atoms. The molecule has 0 bridgehead atoms. The molecule has 260 valence electrons. The van der Waals surface area contributed by atoms with Crippen LogP contribution in [0.4, 0.5) is 4.79 Å². The monoisotopic (exact) mass is 684 g/mol. The van der Waals surface area contributed by atoms with Crippen LogP contribution in [0.1, 0.15) is 72.7 Å². The minimum Gasteiger partial charge on any atom is -0.444 e. The van der Waals surface area contributed by atoms with E-state index in [1.165, 1.54) is 16.7 Å². The van der Waals surface area contributed by atoms with E-state index >= 15 is 0 Å². The van der Waals surface area contributed by atoms with Crippen LogP contribution in [0.2, 0.25) is 5.02 Å². The van der Waals surface area contributed by atoms with E-state index in [0.29, 0.717) is 19.6 Å². The van der Waals surface area contributed by atoms with Gasteiger partial charge in [0.2, 0.25) is 6.41 Å². The quantitative estimate of drug-likeness (QED) is 0.186. The number of pyridine rings is 1. The van der Waals surface area contributed by atoms with Crippen molar-refractivity contribution in [2.24, 2.45) is 0 Å². The molecule has 1 saturated heterocycles. The number of benzene rings is 2. The van der Waals surface area contributed by atoms with Crippen LogP contribution in [0, 0.1) is 13.8 Å². The number of aromatic nitrogens is 3. The number of carbonyl (C=O) groups excluding carboxylic acids is 2. The number of carbonyl (C=O) groups is 2. The van der Waals surface area contributed by atoms with Crippen LogP contribution in [-0.2, 0) is 35.5 Å². The maximum atomic E-state index is 12.4. The van der Waals surface area contributed by atoms with Gasteiger partial charge >= 0.3 is 6.09 Å². The lowest BCUT2D eigenvalue weighted by molar-refractivity contribution is -0.118. The molecule has 2 aliphatic rings.